The highest BCUT2D eigenvalue weighted by atomic mass is 16.3. The summed E-state index contributed by atoms with van der Waals surface area (Å²) in [5.41, 5.74) is 4.14. The Bertz CT molecular complexity index is 1340. The van der Waals surface area contributed by atoms with E-state index < -0.39 is 0 Å². The number of fused-ring (bicyclic) bond motifs is 1. The van der Waals surface area contributed by atoms with Crippen LogP contribution in [-0.4, -0.2) is 57.2 Å². The number of furan rings is 1. The van der Waals surface area contributed by atoms with E-state index in [-0.39, 0.29) is 18.0 Å². The van der Waals surface area contributed by atoms with Gasteiger partial charge >= 0.3 is 0 Å². The van der Waals surface area contributed by atoms with Crippen molar-refractivity contribution in [2.45, 2.75) is 39.8 Å². The second-order valence-corrected chi connectivity index (χ2v) is 9.49. The zero-order valence-corrected chi connectivity index (χ0v) is 20.4. The first kappa shape index (κ1) is 22.3. The Morgan fingerprint density at radius 2 is 1.88 bits per heavy atom. The molecule has 0 unspecified atom stereocenters. The SMILES string of the molecule is Cc1cc(-c2cc(C(=O)N3CCN(C)C[C@@H]3c3ccccc3)c3cnn(C(C)C)c3n2)c(C)o1. The van der Waals surface area contributed by atoms with E-state index in [4.69, 9.17) is 9.40 Å². The maximum absolute atomic E-state index is 14.2. The van der Waals surface area contributed by atoms with Crippen molar-refractivity contribution in [3.05, 3.63) is 71.3 Å². The summed E-state index contributed by atoms with van der Waals surface area (Å²) in [5.74, 6) is 1.62. The summed E-state index contributed by atoms with van der Waals surface area (Å²) in [7, 11) is 2.11. The lowest BCUT2D eigenvalue weighted by atomic mass is 10.00. The van der Waals surface area contributed by atoms with Gasteiger partial charge in [0, 0.05) is 31.2 Å². The van der Waals surface area contributed by atoms with Crippen LogP contribution in [0.25, 0.3) is 22.3 Å². The van der Waals surface area contributed by atoms with Gasteiger partial charge in [0.05, 0.1) is 28.9 Å². The molecule has 1 fully saturated rings. The van der Waals surface area contributed by atoms with Crippen molar-refractivity contribution < 1.29 is 9.21 Å². The average molecular weight is 458 g/mol. The normalized spacial score (nSPS) is 17.1. The van der Waals surface area contributed by atoms with Crippen molar-refractivity contribution in [1.82, 2.24) is 24.6 Å². The number of carbonyl (C=O) groups excluding carboxylic acids is 1. The average Bonchev–Trinajstić information content (AvgIpc) is 3.41. The molecule has 0 bridgehead atoms. The fraction of sp³-hybridized carbons (Fsp3) is 0.370. The van der Waals surface area contributed by atoms with Crippen molar-refractivity contribution in [3.8, 4) is 11.3 Å². The van der Waals surface area contributed by atoms with Crippen LogP contribution in [-0.2, 0) is 0 Å². The molecule has 7 nitrogen and oxygen atoms in total. The second-order valence-electron chi connectivity index (χ2n) is 9.49. The van der Waals surface area contributed by atoms with Crippen LogP contribution >= 0.6 is 0 Å². The first-order valence-electron chi connectivity index (χ1n) is 11.8. The van der Waals surface area contributed by atoms with Crippen LogP contribution in [0.3, 0.4) is 0 Å². The molecule has 0 aliphatic carbocycles. The Morgan fingerprint density at radius 1 is 1.12 bits per heavy atom. The number of carbonyl (C=O) groups is 1. The van der Waals surface area contributed by atoms with Crippen LogP contribution in [0.15, 0.2) is 53.1 Å². The van der Waals surface area contributed by atoms with Crippen LogP contribution in [0.5, 0.6) is 0 Å². The molecule has 1 amide bonds. The van der Waals surface area contributed by atoms with Gasteiger partial charge in [0.2, 0.25) is 0 Å². The van der Waals surface area contributed by atoms with Gasteiger partial charge in [-0.1, -0.05) is 30.3 Å². The fourth-order valence-electron chi connectivity index (χ4n) is 4.87. The van der Waals surface area contributed by atoms with Gasteiger partial charge in [-0.05, 0) is 52.4 Å². The number of aryl methyl sites for hydroxylation is 2. The number of nitrogens with zero attached hydrogens (tertiary/aromatic N) is 5. The Kier molecular flexibility index (Phi) is 5.73. The van der Waals surface area contributed by atoms with Gasteiger partial charge in [0.1, 0.15) is 11.5 Å². The van der Waals surface area contributed by atoms with E-state index >= 15 is 0 Å². The minimum atomic E-state index is -0.0165. The highest BCUT2D eigenvalue weighted by Gasteiger charge is 2.32. The number of hydrogen-bond donors (Lipinski definition) is 0. The van der Waals surface area contributed by atoms with Crippen molar-refractivity contribution in [1.29, 1.82) is 0 Å². The smallest absolute Gasteiger partial charge is 0.255 e. The van der Waals surface area contributed by atoms with Crippen molar-refractivity contribution in [3.63, 3.8) is 0 Å². The number of pyridine rings is 1. The van der Waals surface area contributed by atoms with Crippen molar-refractivity contribution in [2.24, 2.45) is 0 Å². The third-order valence-electron chi connectivity index (χ3n) is 6.63. The molecule has 7 heteroatoms. The van der Waals surface area contributed by atoms with Gasteiger partial charge in [-0.15, -0.1) is 0 Å². The summed E-state index contributed by atoms with van der Waals surface area (Å²) >= 11 is 0. The van der Waals surface area contributed by atoms with E-state index in [0.717, 1.165) is 52.5 Å². The number of amides is 1. The molecular weight excluding hydrogens is 426 g/mol. The van der Waals surface area contributed by atoms with E-state index in [2.05, 4.69) is 43.0 Å². The zero-order chi connectivity index (χ0) is 24.0. The predicted octanol–water partition coefficient (Wildman–Crippen LogP) is 5.02. The molecule has 5 rings (SSSR count). The Balaban J connectivity index is 1.66. The topological polar surface area (TPSA) is 67.4 Å². The molecular formula is C27H31N5O2. The molecule has 176 valence electrons. The van der Waals surface area contributed by atoms with Gasteiger partial charge in [-0.2, -0.15) is 5.10 Å². The number of hydrogen-bond acceptors (Lipinski definition) is 5. The molecule has 3 aromatic heterocycles. The van der Waals surface area contributed by atoms with E-state index in [0.29, 0.717) is 12.1 Å². The van der Waals surface area contributed by atoms with Crippen LogP contribution in [0.2, 0.25) is 0 Å². The number of piperazine rings is 1. The molecule has 1 aromatic carbocycles. The Labute approximate surface area is 200 Å². The summed E-state index contributed by atoms with van der Waals surface area (Å²) in [6, 6.07) is 14.3. The van der Waals surface area contributed by atoms with Crippen molar-refractivity contribution >= 4 is 16.9 Å². The summed E-state index contributed by atoms with van der Waals surface area (Å²) < 4.78 is 7.67. The van der Waals surface area contributed by atoms with Crippen LogP contribution < -0.4 is 0 Å². The number of aromatic nitrogens is 3. The summed E-state index contributed by atoms with van der Waals surface area (Å²) in [5, 5.41) is 5.37. The van der Waals surface area contributed by atoms with Crippen LogP contribution in [0.1, 0.15) is 53.4 Å². The summed E-state index contributed by atoms with van der Waals surface area (Å²) in [6.07, 6.45) is 1.78. The maximum Gasteiger partial charge on any atom is 0.255 e. The standard InChI is InChI=1S/C27H31N5O2/c1-17(2)32-26-23(15-28-32)22(14-24(29-26)21-13-18(3)34-19(21)4)27(33)31-12-11-30(5)16-25(31)20-9-7-6-8-10-20/h6-10,13-15,17,25H,11-12,16H2,1-5H3/t25-/m1/s1. The molecule has 0 spiro atoms. The number of likely N-dealkylation sites (N-methyl/N-ethyl adjacent to an activating group) is 1. The fourth-order valence-corrected chi connectivity index (χ4v) is 4.87. The first-order valence-corrected chi connectivity index (χ1v) is 11.8. The molecule has 4 aromatic rings. The van der Waals surface area contributed by atoms with Gasteiger partial charge in [-0.3, -0.25) is 4.79 Å². The van der Waals surface area contributed by atoms with Gasteiger partial charge in [0.15, 0.2) is 5.65 Å². The quantitative estimate of drug-likeness (QED) is 0.431. The summed E-state index contributed by atoms with van der Waals surface area (Å²) in [6.45, 7) is 10.3. The molecule has 1 atom stereocenters. The lowest BCUT2D eigenvalue weighted by Gasteiger charge is -2.40. The zero-order valence-electron chi connectivity index (χ0n) is 20.4. The minimum Gasteiger partial charge on any atom is -0.466 e. The monoisotopic (exact) mass is 457 g/mol. The van der Waals surface area contributed by atoms with Crippen LogP contribution in [0.4, 0.5) is 0 Å². The predicted molar refractivity (Wildman–Crippen MR) is 133 cm³/mol. The Morgan fingerprint density at radius 3 is 2.56 bits per heavy atom. The molecule has 0 N–H and O–H groups in total. The molecule has 1 aliphatic heterocycles. The van der Waals surface area contributed by atoms with E-state index in [1.54, 1.807) is 6.20 Å². The van der Waals surface area contributed by atoms with Crippen molar-refractivity contribution in [2.75, 3.05) is 26.7 Å². The number of benzene rings is 1. The van der Waals surface area contributed by atoms with E-state index in [1.807, 2.05) is 53.8 Å². The highest BCUT2D eigenvalue weighted by Crippen LogP contribution is 2.33. The maximum atomic E-state index is 14.2. The molecule has 34 heavy (non-hydrogen) atoms. The van der Waals surface area contributed by atoms with E-state index in [9.17, 15) is 4.79 Å². The minimum absolute atomic E-state index is 0.0109. The lowest BCUT2D eigenvalue weighted by molar-refractivity contribution is 0.0500. The highest BCUT2D eigenvalue weighted by molar-refractivity contribution is 6.06. The first-order chi connectivity index (χ1) is 16.3. The van der Waals surface area contributed by atoms with Gasteiger partial charge in [0.25, 0.3) is 5.91 Å². The van der Waals surface area contributed by atoms with Gasteiger partial charge in [-0.25, -0.2) is 9.67 Å². The molecule has 0 radical (unpaired) electrons. The van der Waals surface area contributed by atoms with Crippen LogP contribution in [0, 0.1) is 13.8 Å². The molecule has 4 heterocycles. The molecule has 1 saturated heterocycles. The third-order valence-corrected chi connectivity index (χ3v) is 6.63. The molecule has 1 aliphatic rings. The number of rotatable bonds is 4. The van der Waals surface area contributed by atoms with E-state index in [1.165, 1.54) is 0 Å². The molecule has 0 saturated carbocycles. The lowest BCUT2D eigenvalue weighted by Crippen LogP contribution is -2.49. The summed E-state index contributed by atoms with van der Waals surface area (Å²) in [4.78, 5) is 23.4. The third kappa shape index (κ3) is 3.90. The Hall–Kier alpha value is -3.45. The largest absolute Gasteiger partial charge is 0.466 e. The second kappa shape index (κ2) is 8.72. The van der Waals surface area contributed by atoms with Gasteiger partial charge < -0.3 is 14.2 Å².